The summed E-state index contributed by atoms with van der Waals surface area (Å²) in [5.41, 5.74) is 1.14. The molecule has 3 rings (SSSR count). The molecule has 2 N–H and O–H groups in total. The van der Waals surface area contributed by atoms with Gasteiger partial charge in [0, 0.05) is 23.6 Å². The van der Waals surface area contributed by atoms with Gasteiger partial charge < -0.3 is 10.3 Å². The summed E-state index contributed by atoms with van der Waals surface area (Å²) in [6.07, 6.45) is 1.77. The number of hydrogen-bond donors (Lipinski definition) is 2. The summed E-state index contributed by atoms with van der Waals surface area (Å²) in [5, 5.41) is 6.34. The Kier molecular flexibility index (Phi) is 3.37. The molecule has 0 saturated carbocycles. The Morgan fingerprint density at radius 1 is 1.26 bits per heavy atom. The Bertz CT molecular complexity index is 659. The van der Waals surface area contributed by atoms with Gasteiger partial charge in [-0.2, -0.15) is 0 Å². The highest BCUT2D eigenvalue weighted by Crippen LogP contribution is 2.28. The first-order valence-electron chi connectivity index (χ1n) is 6.17. The molecule has 0 saturated heterocycles. The molecule has 0 aliphatic rings. The number of hydrogen-bond acceptors (Lipinski definition) is 4. The van der Waals surface area contributed by atoms with Crippen molar-refractivity contribution in [3.05, 3.63) is 42.6 Å². The van der Waals surface area contributed by atoms with Crippen LogP contribution in [-0.2, 0) is 0 Å². The van der Waals surface area contributed by atoms with Gasteiger partial charge in [0.1, 0.15) is 5.03 Å². The second kappa shape index (κ2) is 5.32. The van der Waals surface area contributed by atoms with Crippen molar-refractivity contribution in [1.82, 2.24) is 15.0 Å². The fourth-order valence-corrected chi connectivity index (χ4v) is 2.69. The molecule has 2 aromatic heterocycles. The lowest BCUT2D eigenvalue weighted by atomic mass is 10.3. The molecule has 1 aromatic carbocycles. The normalized spacial score (nSPS) is 10.8. The highest BCUT2D eigenvalue weighted by Gasteiger charge is 2.04. The SMILES string of the molecule is CCNc1nccc(Sc2cc3ccccc3[nH]2)n1. The van der Waals surface area contributed by atoms with Gasteiger partial charge in [0.25, 0.3) is 0 Å². The zero-order valence-corrected chi connectivity index (χ0v) is 11.4. The minimum absolute atomic E-state index is 0.670. The van der Waals surface area contributed by atoms with E-state index in [2.05, 4.69) is 38.5 Å². The quantitative estimate of drug-likeness (QED) is 0.712. The number of benzene rings is 1. The standard InChI is InChI=1S/C14H14N4S/c1-2-15-14-16-8-7-12(18-14)19-13-9-10-5-3-4-6-11(10)17-13/h3-9,17H,2H2,1H3,(H,15,16,18). The Morgan fingerprint density at radius 3 is 3.00 bits per heavy atom. The number of H-pyrrole nitrogens is 1. The van der Waals surface area contributed by atoms with E-state index in [1.165, 1.54) is 5.39 Å². The number of rotatable bonds is 4. The lowest BCUT2D eigenvalue weighted by molar-refractivity contribution is 1.01. The third kappa shape index (κ3) is 2.71. The molecule has 0 amide bonds. The number of nitrogens with one attached hydrogen (secondary N) is 2. The van der Waals surface area contributed by atoms with E-state index >= 15 is 0 Å². The molecule has 0 unspecified atom stereocenters. The van der Waals surface area contributed by atoms with Crippen LogP contribution in [0.25, 0.3) is 10.9 Å². The predicted molar refractivity (Wildman–Crippen MR) is 78.6 cm³/mol. The van der Waals surface area contributed by atoms with E-state index in [4.69, 9.17) is 0 Å². The lowest BCUT2D eigenvalue weighted by Crippen LogP contribution is -2.01. The van der Waals surface area contributed by atoms with E-state index in [-0.39, 0.29) is 0 Å². The van der Waals surface area contributed by atoms with Gasteiger partial charge >= 0.3 is 0 Å². The molecule has 0 spiro atoms. The maximum atomic E-state index is 4.45. The first kappa shape index (κ1) is 12.0. The average molecular weight is 270 g/mol. The minimum Gasteiger partial charge on any atom is -0.354 e. The molecular formula is C14H14N4S. The van der Waals surface area contributed by atoms with Gasteiger partial charge in [0.05, 0.1) is 5.03 Å². The van der Waals surface area contributed by atoms with Crippen LogP contribution in [0.1, 0.15) is 6.92 Å². The van der Waals surface area contributed by atoms with Crippen LogP contribution < -0.4 is 5.32 Å². The lowest BCUT2D eigenvalue weighted by Gasteiger charge is -2.02. The van der Waals surface area contributed by atoms with Crippen molar-refractivity contribution in [1.29, 1.82) is 0 Å². The summed E-state index contributed by atoms with van der Waals surface area (Å²) < 4.78 is 0. The number of fused-ring (bicyclic) bond motifs is 1. The summed E-state index contributed by atoms with van der Waals surface area (Å²) in [4.78, 5) is 12.0. The smallest absolute Gasteiger partial charge is 0.223 e. The fraction of sp³-hybridized carbons (Fsp3) is 0.143. The Morgan fingerprint density at radius 2 is 2.16 bits per heavy atom. The van der Waals surface area contributed by atoms with Gasteiger partial charge in [-0.25, -0.2) is 9.97 Å². The van der Waals surface area contributed by atoms with E-state index < -0.39 is 0 Å². The van der Waals surface area contributed by atoms with Crippen molar-refractivity contribution in [2.24, 2.45) is 0 Å². The summed E-state index contributed by atoms with van der Waals surface area (Å²) in [6.45, 7) is 2.85. The monoisotopic (exact) mass is 270 g/mol. The number of nitrogens with zero attached hydrogens (tertiary/aromatic N) is 2. The van der Waals surface area contributed by atoms with Crippen molar-refractivity contribution in [2.75, 3.05) is 11.9 Å². The minimum atomic E-state index is 0.670. The first-order chi connectivity index (χ1) is 9.35. The number of aromatic amines is 1. The third-order valence-electron chi connectivity index (χ3n) is 2.68. The van der Waals surface area contributed by atoms with Crippen LogP contribution in [-0.4, -0.2) is 21.5 Å². The molecule has 96 valence electrons. The van der Waals surface area contributed by atoms with Crippen LogP contribution >= 0.6 is 11.8 Å². The zero-order chi connectivity index (χ0) is 13.1. The van der Waals surface area contributed by atoms with Crippen molar-refractivity contribution < 1.29 is 0 Å². The highest BCUT2D eigenvalue weighted by molar-refractivity contribution is 7.99. The predicted octanol–water partition coefficient (Wildman–Crippen LogP) is 3.54. The Hall–Kier alpha value is -2.01. The van der Waals surface area contributed by atoms with E-state index in [9.17, 15) is 0 Å². The van der Waals surface area contributed by atoms with E-state index in [0.717, 1.165) is 22.1 Å². The van der Waals surface area contributed by atoms with Gasteiger partial charge in [-0.1, -0.05) is 30.0 Å². The van der Waals surface area contributed by atoms with Crippen molar-refractivity contribution in [2.45, 2.75) is 17.0 Å². The van der Waals surface area contributed by atoms with Gasteiger partial charge in [0.15, 0.2) is 0 Å². The molecule has 5 heteroatoms. The van der Waals surface area contributed by atoms with Gasteiger partial charge in [-0.3, -0.25) is 0 Å². The van der Waals surface area contributed by atoms with Gasteiger partial charge in [-0.15, -0.1) is 0 Å². The van der Waals surface area contributed by atoms with E-state index in [1.807, 2.05) is 25.1 Å². The van der Waals surface area contributed by atoms with E-state index in [0.29, 0.717) is 5.95 Å². The van der Waals surface area contributed by atoms with Crippen LogP contribution in [0.2, 0.25) is 0 Å². The molecule has 2 heterocycles. The number of aromatic nitrogens is 3. The molecule has 19 heavy (non-hydrogen) atoms. The molecule has 3 aromatic rings. The van der Waals surface area contributed by atoms with Crippen LogP contribution in [0, 0.1) is 0 Å². The molecule has 4 nitrogen and oxygen atoms in total. The Labute approximate surface area is 115 Å². The molecule has 0 aliphatic heterocycles. The molecular weight excluding hydrogens is 256 g/mol. The molecule has 0 radical (unpaired) electrons. The largest absolute Gasteiger partial charge is 0.354 e. The van der Waals surface area contributed by atoms with Crippen LogP contribution in [0.3, 0.4) is 0 Å². The average Bonchev–Trinajstić information content (AvgIpc) is 2.81. The second-order valence-corrected chi connectivity index (χ2v) is 5.13. The van der Waals surface area contributed by atoms with Crippen LogP contribution in [0.4, 0.5) is 5.95 Å². The van der Waals surface area contributed by atoms with Crippen LogP contribution in [0.5, 0.6) is 0 Å². The third-order valence-corrected chi connectivity index (χ3v) is 3.56. The van der Waals surface area contributed by atoms with Crippen molar-refractivity contribution in [3.63, 3.8) is 0 Å². The fourth-order valence-electron chi connectivity index (χ4n) is 1.86. The maximum Gasteiger partial charge on any atom is 0.223 e. The van der Waals surface area contributed by atoms with E-state index in [1.54, 1.807) is 18.0 Å². The van der Waals surface area contributed by atoms with Crippen molar-refractivity contribution >= 4 is 28.6 Å². The highest BCUT2D eigenvalue weighted by atomic mass is 32.2. The second-order valence-electron chi connectivity index (χ2n) is 4.07. The van der Waals surface area contributed by atoms with Crippen molar-refractivity contribution in [3.8, 4) is 0 Å². The first-order valence-corrected chi connectivity index (χ1v) is 6.99. The summed E-state index contributed by atoms with van der Waals surface area (Å²) >= 11 is 1.61. The summed E-state index contributed by atoms with van der Waals surface area (Å²) in [5.74, 6) is 0.670. The Balaban J connectivity index is 1.85. The van der Waals surface area contributed by atoms with Crippen LogP contribution in [0.15, 0.2) is 52.6 Å². The molecule has 0 bridgehead atoms. The molecule has 0 atom stereocenters. The van der Waals surface area contributed by atoms with Gasteiger partial charge in [-0.05, 0) is 25.1 Å². The summed E-state index contributed by atoms with van der Waals surface area (Å²) in [6, 6.07) is 12.3. The zero-order valence-electron chi connectivity index (χ0n) is 10.6. The maximum absolute atomic E-state index is 4.45. The topological polar surface area (TPSA) is 53.6 Å². The molecule has 0 fully saturated rings. The number of anilines is 1. The van der Waals surface area contributed by atoms with Gasteiger partial charge in [0.2, 0.25) is 5.95 Å². The number of para-hydroxylation sites is 1. The summed E-state index contributed by atoms with van der Waals surface area (Å²) in [7, 11) is 0. The molecule has 0 aliphatic carbocycles.